The Kier molecular flexibility index (Phi) is 2.98. The van der Waals surface area contributed by atoms with E-state index in [2.05, 4.69) is 0 Å². The molecular formula is C11H18O4. The van der Waals surface area contributed by atoms with Crippen LogP contribution in [0.1, 0.15) is 45.4 Å². The Morgan fingerprint density at radius 3 is 2.27 bits per heavy atom. The lowest BCUT2D eigenvalue weighted by Crippen LogP contribution is -2.30. The predicted octanol–water partition coefficient (Wildman–Crippen LogP) is 1.93. The predicted molar refractivity (Wildman–Crippen MR) is 53.5 cm³/mol. The van der Waals surface area contributed by atoms with Crippen molar-refractivity contribution >= 4 is 5.97 Å². The van der Waals surface area contributed by atoms with Crippen LogP contribution < -0.4 is 0 Å². The molecule has 2 fully saturated rings. The van der Waals surface area contributed by atoms with Gasteiger partial charge in [-0.2, -0.15) is 0 Å². The highest BCUT2D eigenvalue weighted by Crippen LogP contribution is 2.37. The zero-order chi connectivity index (χ0) is 10.9. The van der Waals surface area contributed by atoms with E-state index in [4.69, 9.17) is 14.6 Å². The number of rotatable bonds is 2. The molecule has 1 saturated heterocycles. The van der Waals surface area contributed by atoms with Gasteiger partial charge in [0.1, 0.15) is 0 Å². The van der Waals surface area contributed by atoms with E-state index in [1.165, 1.54) is 6.42 Å². The molecule has 1 aliphatic carbocycles. The van der Waals surface area contributed by atoms with Gasteiger partial charge in [-0.05, 0) is 19.8 Å². The second-order valence-corrected chi connectivity index (χ2v) is 4.65. The molecule has 1 aliphatic heterocycles. The molecule has 86 valence electrons. The maximum Gasteiger partial charge on any atom is 0.308 e. The third-order valence-electron chi connectivity index (χ3n) is 3.17. The molecule has 1 N–H and O–H groups in total. The summed E-state index contributed by atoms with van der Waals surface area (Å²) in [7, 11) is 0. The van der Waals surface area contributed by atoms with Crippen LogP contribution in [0.5, 0.6) is 0 Å². The van der Waals surface area contributed by atoms with E-state index in [0.29, 0.717) is 0 Å². The van der Waals surface area contributed by atoms with Crippen molar-refractivity contribution in [3.8, 4) is 0 Å². The van der Waals surface area contributed by atoms with Crippen LogP contribution in [0.15, 0.2) is 0 Å². The third kappa shape index (κ3) is 2.49. The molecule has 15 heavy (non-hydrogen) atoms. The smallest absolute Gasteiger partial charge is 0.308 e. The van der Waals surface area contributed by atoms with Gasteiger partial charge in [0, 0.05) is 0 Å². The van der Waals surface area contributed by atoms with Crippen LogP contribution in [0, 0.1) is 0 Å². The average Bonchev–Trinajstić information content (AvgIpc) is 2.30. The van der Waals surface area contributed by atoms with E-state index < -0.39 is 11.8 Å². The Bertz CT molecular complexity index is 237. The number of carbonyl (C=O) groups is 1. The summed E-state index contributed by atoms with van der Waals surface area (Å²) in [5, 5.41) is 8.77. The van der Waals surface area contributed by atoms with Crippen molar-refractivity contribution in [3.05, 3.63) is 0 Å². The summed E-state index contributed by atoms with van der Waals surface area (Å²) in [6, 6.07) is 0. The fourth-order valence-electron chi connectivity index (χ4n) is 2.54. The largest absolute Gasteiger partial charge is 0.481 e. The van der Waals surface area contributed by atoms with Gasteiger partial charge in [0.2, 0.25) is 0 Å². The normalized spacial score (nSPS) is 34.5. The first-order valence-corrected chi connectivity index (χ1v) is 5.66. The molecule has 0 amide bonds. The fraction of sp³-hybridized carbons (Fsp3) is 0.909. The molecule has 0 aromatic heterocycles. The first-order chi connectivity index (χ1) is 7.09. The second-order valence-electron chi connectivity index (χ2n) is 4.65. The molecule has 2 atom stereocenters. The lowest BCUT2D eigenvalue weighted by molar-refractivity contribution is -0.181. The third-order valence-corrected chi connectivity index (χ3v) is 3.17. The summed E-state index contributed by atoms with van der Waals surface area (Å²) in [5.41, 5.74) is 0. The van der Waals surface area contributed by atoms with Crippen molar-refractivity contribution < 1.29 is 19.4 Å². The SMILES string of the molecule is CC1(CC(=O)O)O[C@@H]2CCCCC[C@H]2O1. The molecule has 0 aromatic rings. The highest BCUT2D eigenvalue weighted by atomic mass is 16.8. The zero-order valence-electron chi connectivity index (χ0n) is 9.07. The highest BCUT2D eigenvalue weighted by Gasteiger charge is 2.45. The van der Waals surface area contributed by atoms with Crippen molar-refractivity contribution in [2.75, 3.05) is 0 Å². The van der Waals surface area contributed by atoms with Crippen LogP contribution in [0.2, 0.25) is 0 Å². The summed E-state index contributed by atoms with van der Waals surface area (Å²) in [5.74, 6) is -1.77. The molecule has 0 bridgehead atoms. The van der Waals surface area contributed by atoms with E-state index in [1.54, 1.807) is 6.92 Å². The zero-order valence-corrected chi connectivity index (χ0v) is 9.07. The van der Waals surface area contributed by atoms with Crippen molar-refractivity contribution in [3.63, 3.8) is 0 Å². The van der Waals surface area contributed by atoms with E-state index in [9.17, 15) is 4.79 Å². The van der Waals surface area contributed by atoms with Gasteiger partial charge in [-0.3, -0.25) is 4.79 Å². The maximum atomic E-state index is 10.7. The fourth-order valence-corrected chi connectivity index (χ4v) is 2.54. The monoisotopic (exact) mass is 214 g/mol. The van der Waals surface area contributed by atoms with E-state index in [-0.39, 0.29) is 18.6 Å². The van der Waals surface area contributed by atoms with Gasteiger partial charge < -0.3 is 14.6 Å². The van der Waals surface area contributed by atoms with Gasteiger partial charge >= 0.3 is 5.97 Å². The van der Waals surface area contributed by atoms with Crippen LogP contribution in [0.3, 0.4) is 0 Å². The lowest BCUT2D eigenvalue weighted by Gasteiger charge is -2.21. The number of hydrogen-bond donors (Lipinski definition) is 1. The van der Waals surface area contributed by atoms with Crippen molar-refractivity contribution in [1.29, 1.82) is 0 Å². The molecule has 4 heteroatoms. The quantitative estimate of drug-likeness (QED) is 0.763. The van der Waals surface area contributed by atoms with Gasteiger partial charge in [0.05, 0.1) is 18.6 Å². The first-order valence-electron chi connectivity index (χ1n) is 5.66. The van der Waals surface area contributed by atoms with E-state index in [0.717, 1.165) is 25.7 Å². The summed E-state index contributed by atoms with van der Waals surface area (Å²) in [6.07, 6.45) is 5.70. The van der Waals surface area contributed by atoms with Gasteiger partial charge in [-0.1, -0.05) is 19.3 Å². The summed E-state index contributed by atoms with van der Waals surface area (Å²) < 4.78 is 11.5. The number of ether oxygens (including phenoxy) is 2. The minimum absolute atomic E-state index is 0.0694. The summed E-state index contributed by atoms with van der Waals surface area (Å²) >= 11 is 0. The lowest BCUT2D eigenvalue weighted by atomic mass is 10.1. The molecule has 4 nitrogen and oxygen atoms in total. The van der Waals surface area contributed by atoms with Crippen molar-refractivity contribution in [2.24, 2.45) is 0 Å². The molecule has 2 rings (SSSR count). The molecule has 1 heterocycles. The Labute approximate surface area is 89.6 Å². The summed E-state index contributed by atoms with van der Waals surface area (Å²) in [6.45, 7) is 1.73. The molecule has 0 spiro atoms. The highest BCUT2D eigenvalue weighted by molar-refractivity contribution is 5.67. The summed E-state index contributed by atoms with van der Waals surface area (Å²) in [4.78, 5) is 10.7. The van der Waals surface area contributed by atoms with Crippen LogP contribution >= 0.6 is 0 Å². The minimum atomic E-state index is -0.904. The molecular weight excluding hydrogens is 196 g/mol. The molecule has 0 radical (unpaired) electrons. The average molecular weight is 214 g/mol. The molecule has 0 aromatic carbocycles. The number of carboxylic acid groups (broad SMARTS) is 1. The van der Waals surface area contributed by atoms with Gasteiger partial charge in [0.25, 0.3) is 0 Å². The van der Waals surface area contributed by atoms with Gasteiger partial charge in [-0.15, -0.1) is 0 Å². The molecule has 1 saturated carbocycles. The number of carboxylic acids is 1. The molecule has 2 aliphatic rings. The van der Waals surface area contributed by atoms with Gasteiger partial charge in [0.15, 0.2) is 5.79 Å². The first kappa shape index (κ1) is 10.9. The Morgan fingerprint density at radius 2 is 1.80 bits per heavy atom. The number of fused-ring (bicyclic) bond motifs is 1. The standard InChI is InChI=1S/C11H18O4/c1-11(7-10(12)13)14-8-5-3-2-4-6-9(8)15-11/h8-9H,2-7H2,1H3,(H,12,13)/t8-,9-/m1/s1. The topological polar surface area (TPSA) is 55.8 Å². The Balaban J connectivity index is 2.00. The Morgan fingerprint density at radius 1 is 1.27 bits per heavy atom. The second kappa shape index (κ2) is 4.10. The minimum Gasteiger partial charge on any atom is -0.481 e. The molecule has 0 unspecified atom stereocenters. The van der Waals surface area contributed by atoms with Crippen molar-refractivity contribution in [1.82, 2.24) is 0 Å². The number of hydrogen-bond acceptors (Lipinski definition) is 3. The Hall–Kier alpha value is -0.610. The van der Waals surface area contributed by atoms with Gasteiger partial charge in [-0.25, -0.2) is 0 Å². The maximum absolute atomic E-state index is 10.7. The van der Waals surface area contributed by atoms with Crippen LogP contribution in [0.25, 0.3) is 0 Å². The van der Waals surface area contributed by atoms with Crippen LogP contribution in [0.4, 0.5) is 0 Å². The van der Waals surface area contributed by atoms with Crippen molar-refractivity contribution in [2.45, 2.75) is 63.4 Å². The van der Waals surface area contributed by atoms with Crippen LogP contribution in [-0.4, -0.2) is 29.1 Å². The van der Waals surface area contributed by atoms with Crippen LogP contribution in [-0.2, 0) is 14.3 Å². The van der Waals surface area contributed by atoms with E-state index in [1.807, 2.05) is 0 Å². The van der Waals surface area contributed by atoms with E-state index >= 15 is 0 Å². The number of aliphatic carboxylic acids is 1.